The second-order valence-corrected chi connectivity index (χ2v) is 8.03. The molecule has 0 unspecified atom stereocenters. The van der Waals surface area contributed by atoms with Crippen molar-refractivity contribution in [3.8, 4) is 17.2 Å². The van der Waals surface area contributed by atoms with Crippen molar-refractivity contribution in [2.75, 3.05) is 26.1 Å². The number of methoxy groups -OCH3 is 2. The highest BCUT2D eigenvalue weighted by Crippen LogP contribution is 2.29. The molecule has 0 heterocycles. The van der Waals surface area contributed by atoms with E-state index in [9.17, 15) is 4.79 Å². The average molecular weight is 515 g/mol. The predicted molar refractivity (Wildman–Crippen MR) is 133 cm³/mol. The first-order valence-electron chi connectivity index (χ1n) is 9.81. The highest BCUT2D eigenvalue weighted by atomic mass is 79.9. The molecule has 8 heteroatoms. The minimum absolute atomic E-state index is 0.150. The number of carbonyl (C=O) groups excluding carboxylic acids is 1. The van der Waals surface area contributed by atoms with Gasteiger partial charge in [0.05, 0.1) is 26.4 Å². The van der Waals surface area contributed by atoms with Gasteiger partial charge < -0.3 is 19.5 Å². The van der Waals surface area contributed by atoms with Crippen molar-refractivity contribution in [1.82, 2.24) is 5.32 Å². The average Bonchev–Trinajstić information content (AvgIpc) is 2.80. The number of halogens is 1. The summed E-state index contributed by atoms with van der Waals surface area (Å²) in [6, 6.07) is 20.6. The minimum Gasteiger partial charge on any atom is -0.493 e. The highest BCUT2D eigenvalue weighted by Gasteiger charge is 2.15. The van der Waals surface area contributed by atoms with Crippen molar-refractivity contribution in [3.05, 3.63) is 82.3 Å². The molecule has 0 aromatic heterocycles. The standard InChI is InChI=1S/C24H23BrN2O4S/c1-29-21-11-9-18(15-22(21)30-2)26-24(32)27-23(28)19-14-17(25)8-10-20(19)31-13-12-16-6-4-3-5-7-16/h3-11,14-15H,12-13H2,1-2H3,(H2,26,27,28,32). The number of ether oxygens (including phenoxy) is 3. The number of anilines is 1. The van der Waals surface area contributed by atoms with E-state index in [1.807, 2.05) is 36.4 Å². The second kappa shape index (κ2) is 11.5. The van der Waals surface area contributed by atoms with Crippen LogP contribution in [0.25, 0.3) is 0 Å². The number of hydrogen-bond acceptors (Lipinski definition) is 5. The van der Waals surface area contributed by atoms with Gasteiger partial charge in [0.1, 0.15) is 5.75 Å². The summed E-state index contributed by atoms with van der Waals surface area (Å²) in [6.45, 7) is 0.445. The number of carbonyl (C=O) groups is 1. The molecule has 0 spiro atoms. The molecule has 0 saturated heterocycles. The molecule has 166 valence electrons. The van der Waals surface area contributed by atoms with Gasteiger partial charge in [-0.25, -0.2) is 0 Å². The van der Waals surface area contributed by atoms with E-state index in [-0.39, 0.29) is 11.0 Å². The number of benzene rings is 3. The quantitative estimate of drug-likeness (QED) is 0.402. The summed E-state index contributed by atoms with van der Waals surface area (Å²) in [5, 5.41) is 5.82. The molecule has 3 rings (SSSR count). The van der Waals surface area contributed by atoms with Gasteiger partial charge >= 0.3 is 0 Å². The fourth-order valence-electron chi connectivity index (χ4n) is 2.98. The van der Waals surface area contributed by atoms with E-state index in [4.69, 9.17) is 26.4 Å². The maximum atomic E-state index is 12.9. The lowest BCUT2D eigenvalue weighted by Gasteiger charge is -2.14. The lowest BCUT2D eigenvalue weighted by molar-refractivity contribution is 0.0973. The summed E-state index contributed by atoms with van der Waals surface area (Å²) < 4.78 is 17.2. The van der Waals surface area contributed by atoms with Gasteiger partial charge in [0.2, 0.25) is 0 Å². The fraction of sp³-hybridized carbons (Fsp3) is 0.167. The molecular weight excluding hydrogens is 492 g/mol. The number of rotatable bonds is 8. The van der Waals surface area contributed by atoms with Crippen LogP contribution in [0.15, 0.2) is 71.2 Å². The number of nitrogens with one attached hydrogen (secondary N) is 2. The van der Waals surface area contributed by atoms with Crippen molar-refractivity contribution >= 4 is 44.9 Å². The zero-order valence-electron chi connectivity index (χ0n) is 17.7. The molecule has 0 radical (unpaired) electrons. The first-order chi connectivity index (χ1) is 15.5. The van der Waals surface area contributed by atoms with Gasteiger partial charge in [-0.05, 0) is 48.1 Å². The first-order valence-corrected chi connectivity index (χ1v) is 11.0. The van der Waals surface area contributed by atoms with E-state index < -0.39 is 0 Å². The van der Waals surface area contributed by atoms with Crippen LogP contribution in [0.1, 0.15) is 15.9 Å². The molecule has 2 N–H and O–H groups in total. The summed E-state index contributed by atoms with van der Waals surface area (Å²) in [5.74, 6) is 1.25. The Hall–Kier alpha value is -3.10. The zero-order chi connectivity index (χ0) is 22.9. The van der Waals surface area contributed by atoms with Crippen molar-refractivity contribution in [3.63, 3.8) is 0 Å². The van der Waals surface area contributed by atoms with Crippen molar-refractivity contribution < 1.29 is 19.0 Å². The first kappa shape index (κ1) is 23.6. The fourth-order valence-corrected chi connectivity index (χ4v) is 3.55. The number of hydrogen-bond donors (Lipinski definition) is 2. The van der Waals surface area contributed by atoms with Gasteiger partial charge in [0.15, 0.2) is 16.6 Å². The Labute approximate surface area is 201 Å². The predicted octanol–water partition coefficient (Wildman–Crippen LogP) is 5.21. The minimum atomic E-state index is -0.376. The lowest BCUT2D eigenvalue weighted by Crippen LogP contribution is -2.34. The maximum absolute atomic E-state index is 12.9. The third kappa shape index (κ3) is 6.45. The van der Waals surface area contributed by atoms with Crippen LogP contribution in [-0.2, 0) is 6.42 Å². The van der Waals surface area contributed by atoms with Crippen LogP contribution in [0.3, 0.4) is 0 Å². The molecular formula is C24H23BrN2O4S. The summed E-state index contributed by atoms with van der Waals surface area (Å²) >= 11 is 8.72. The van der Waals surface area contributed by atoms with Crippen molar-refractivity contribution in [2.24, 2.45) is 0 Å². The van der Waals surface area contributed by atoms with Crippen LogP contribution in [0.2, 0.25) is 0 Å². The molecule has 1 amide bonds. The van der Waals surface area contributed by atoms with Crippen LogP contribution in [0, 0.1) is 0 Å². The summed E-state index contributed by atoms with van der Waals surface area (Å²) in [7, 11) is 3.11. The van der Waals surface area contributed by atoms with E-state index in [1.54, 1.807) is 44.6 Å². The third-order valence-corrected chi connectivity index (χ3v) is 5.24. The van der Waals surface area contributed by atoms with Crippen molar-refractivity contribution in [2.45, 2.75) is 6.42 Å². The summed E-state index contributed by atoms with van der Waals surface area (Å²) in [6.07, 6.45) is 0.733. The van der Waals surface area contributed by atoms with E-state index in [0.29, 0.717) is 35.1 Å². The molecule has 3 aromatic carbocycles. The van der Waals surface area contributed by atoms with Gasteiger partial charge in [-0.1, -0.05) is 46.3 Å². The van der Waals surface area contributed by atoms with Crippen LogP contribution >= 0.6 is 28.1 Å². The molecule has 6 nitrogen and oxygen atoms in total. The monoisotopic (exact) mass is 514 g/mol. The largest absolute Gasteiger partial charge is 0.493 e. The topological polar surface area (TPSA) is 68.8 Å². The molecule has 0 aliphatic rings. The second-order valence-electron chi connectivity index (χ2n) is 6.70. The molecule has 0 aliphatic carbocycles. The Kier molecular flexibility index (Phi) is 8.47. The Morgan fingerprint density at radius 1 is 0.938 bits per heavy atom. The Balaban J connectivity index is 1.65. The van der Waals surface area contributed by atoms with Crippen LogP contribution in [-0.4, -0.2) is 31.8 Å². The zero-order valence-corrected chi connectivity index (χ0v) is 20.1. The van der Waals surface area contributed by atoms with Gasteiger partial charge in [0, 0.05) is 22.6 Å². The van der Waals surface area contributed by atoms with E-state index in [2.05, 4.69) is 26.6 Å². The van der Waals surface area contributed by atoms with Gasteiger partial charge in [-0.3, -0.25) is 10.1 Å². The van der Waals surface area contributed by atoms with E-state index in [0.717, 1.165) is 16.5 Å². The van der Waals surface area contributed by atoms with Crippen molar-refractivity contribution in [1.29, 1.82) is 0 Å². The van der Waals surface area contributed by atoms with Gasteiger partial charge in [-0.2, -0.15) is 0 Å². The molecule has 32 heavy (non-hydrogen) atoms. The molecule has 0 saturated carbocycles. The number of amides is 1. The SMILES string of the molecule is COc1ccc(NC(=S)NC(=O)c2cc(Br)ccc2OCCc2ccccc2)cc1OC. The maximum Gasteiger partial charge on any atom is 0.261 e. The van der Waals surface area contributed by atoms with Gasteiger partial charge in [-0.15, -0.1) is 0 Å². The van der Waals surface area contributed by atoms with Gasteiger partial charge in [0.25, 0.3) is 5.91 Å². The summed E-state index contributed by atoms with van der Waals surface area (Å²) in [5.41, 5.74) is 2.20. The molecule has 0 bridgehead atoms. The Morgan fingerprint density at radius 2 is 1.66 bits per heavy atom. The normalized spacial score (nSPS) is 10.2. The number of thiocarbonyl (C=S) groups is 1. The molecule has 3 aromatic rings. The van der Waals surface area contributed by atoms with Crippen LogP contribution in [0.5, 0.6) is 17.2 Å². The third-order valence-electron chi connectivity index (χ3n) is 4.55. The smallest absolute Gasteiger partial charge is 0.261 e. The molecule has 0 aliphatic heterocycles. The summed E-state index contributed by atoms with van der Waals surface area (Å²) in [4.78, 5) is 12.9. The van der Waals surface area contributed by atoms with E-state index >= 15 is 0 Å². The Bertz CT molecular complexity index is 1090. The van der Waals surface area contributed by atoms with Crippen LogP contribution < -0.4 is 24.8 Å². The highest BCUT2D eigenvalue weighted by molar-refractivity contribution is 9.10. The van der Waals surface area contributed by atoms with E-state index in [1.165, 1.54) is 0 Å². The molecule has 0 atom stereocenters. The van der Waals surface area contributed by atoms with Crippen LogP contribution in [0.4, 0.5) is 5.69 Å². The molecule has 0 fully saturated rings. The Morgan fingerprint density at radius 3 is 2.38 bits per heavy atom. The lowest BCUT2D eigenvalue weighted by atomic mass is 10.1.